The molecule has 16 heteroatoms. The summed E-state index contributed by atoms with van der Waals surface area (Å²) in [6, 6.07) is 4.98. The number of rotatable bonds is 14. The van der Waals surface area contributed by atoms with Crippen LogP contribution in [-0.2, 0) is 21.2 Å². The number of hydrogen-bond donors (Lipinski definition) is 2. The number of carbonyl (C=O) groups excluding carboxylic acids is 1. The normalized spacial score (nSPS) is 14.3. The van der Waals surface area contributed by atoms with Gasteiger partial charge in [-0.2, -0.15) is 18.2 Å². The van der Waals surface area contributed by atoms with E-state index in [0.29, 0.717) is 37.5 Å². The van der Waals surface area contributed by atoms with Crippen molar-refractivity contribution in [1.82, 2.24) is 14.9 Å². The molecule has 1 atom stereocenters. The van der Waals surface area contributed by atoms with E-state index in [2.05, 4.69) is 15.3 Å². The minimum Gasteiger partial charge on any atom is -0.480 e. The Hall–Kier alpha value is -3.82. The molecule has 0 bridgehead atoms. The summed E-state index contributed by atoms with van der Waals surface area (Å²) < 4.78 is 70.7. The third-order valence-corrected chi connectivity index (χ3v) is 8.73. The van der Waals surface area contributed by atoms with E-state index in [-0.39, 0.29) is 30.4 Å². The highest BCUT2D eigenvalue weighted by molar-refractivity contribution is 7.92. The first-order valence-electron chi connectivity index (χ1n) is 14.0. The van der Waals surface area contributed by atoms with E-state index in [1.807, 2.05) is 13.8 Å². The van der Waals surface area contributed by atoms with Crippen molar-refractivity contribution in [1.29, 1.82) is 0 Å². The van der Waals surface area contributed by atoms with Crippen LogP contribution in [0.2, 0.25) is 0 Å². The number of alkyl halides is 3. The lowest BCUT2D eigenvalue weighted by Crippen LogP contribution is -2.37. The van der Waals surface area contributed by atoms with Gasteiger partial charge in [0.25, 0.3) is 0 Å². The number of aliphatic carboxylic acids is 1. The quantitative estimate of drug-likeness (QED) is 0.313. The average molecular weight is 631 g/mol. The van der Waals surface area contributed by atoms with Gasteiger partial charge in [-0.1, -0.05) is 12.1 Å². The zero-order valence-corrected chi connectivity index (χ0v) is 25.1. The predicted molar refractivity (Wildman–Crippen MR) is 155 cm³/mol. The molecule has 2 N–H and O–H groups in total. The first-order chi connectivity index (χ1) is 20.3. The lowest BCUT2D eigenvalue weighted by Gasteiger charge is -2.27. The number of halogens is 3. The fourth-order valence-electron chi connectivity index (χ4n) is 4.54. The summed E-state index contributed by atoms with van der Waals surface area (Å²) in [5, 5.41) is 12.8. The molecular weight excluding hydrogens is 593 g/mol. The summed E-state index contributed by atoms with van der Waals surface area (Å²) in [6.45, 7) is 7.14. The molecule has 1 amide bonds. The van der Waals surface area contributed by atoms with Gasteiger partial charge in [0.05, 0.1) is 18.4 Å². The van der Waals surface area contributed by atoms with Crippen molar-refractivity contribution in [2.75, 3.05) is 53.0 Å². The Kier molecular flexibility index (Phi) is 11.4. The Morgan fingerprint density at radius 1 is 1.09 bits per heavy atom. The van der Waals surface area contributed by atoms with Gasteiger partial charge in [-0.15, -0.1) is 0 Å². The van der Waals surface area contributed by atoms with Gasteiger partial charge in [0, 0.05) is 39.1 Å². The number of sulfonamides is 1. The number of nitrogens with zero attached hydrogens (tertiary/aromatic N) is 5. The molecule has 1 aromatic heterocycles. The van der Waals surface area contributed by atoms with Crippen LogP contribution in [0.25, 0.3) is 0 Å². The Labute approximate surface area is 248 Å². The lowest BCUT2D eigenvalue weighted by molar-refractivity contribution is -0.138. The number of amides is 1. The van der Waals surface area contributed by atoms with Crippen LogP contribution in [0, 0.1) is 0 Å². The number of aromatic nitrogens is 2. The number of carboxylic acids is 1. The van der Waals surface area contributed by atoms with Gasteiger partial charge in [0.1, 0.15) is 17.5 Å². The maximum atomic E-state index is 13.0. The number of carbonyl (C=O) groups is 2. The molecule has 12 nitrogen and oxygen atoms in total. The minimum atomic E-state index is -4.69. The molecule has 0 saturated carbocycles. The van der Waals surface area contributed by atoms with E-state index in [9.17, 15) is 36.3 Å². The van der Waals surface area contributed by atoms with Crippen molar-refractivity contribution in [3.8, 4) is 5.75 Å². The SMILES string of the molecule is CCN(CC)c1ncc(N(CC)S(=O)(=O)CCC(F)(F)F)c(N[C@@H](Cc2ccc(OC(=O)N3CCCC3)cc2)C(=O)O)n1. The van der Waals surface area contributed by atoms with E-state index < -0.39 is 46.5 Å². The molecule has 2 heterocycles. The summed E-state index contributed by atoms with van der Waals surface area (Å²) in [7, 11) is -4.47. The molecule has 1 saturated heterocycles. The number of carboxylic acid groups (broad SMARTS) is 1. The van der Waals surface area contributed by atoms with Gasteiger partial charge < -0.3 is 25.0 Å². The molecule has 0 unspecified atom stereocenters. The molecule has 43 heavy (non-hydrogen) atoms. The molecule has 1 aliphatic heterocycles. The van der Waals surface area contributed by atoms with E-state index in [1.165, 1.54) is 13.1 Å². The van der Waals surface area contributed by atoms with Gasteiger partial charge >= 0.3 is 18.2 Å². The third-order valence-electron chi connectivity index (χ3n) is 6.88. The average Bonchev–Trinajstić information content (AvgIpc) is 3.50. The number of nitrogens with one attached hydrogen (secondary N) is 1. The van der Waals surface area contributed by atoms with Crippen LogP contribution >= 0.6 is 0 Å². The Balaban J connectivity index is 1.89. The summed E-state index contributed by atoms with van der Waals surface area (Å²) in [5.74, 6) is -2.14. The Morgan fingerprint density at radius 2 is 1.72 bits per heavy atom. The van der Waals surface area contributed by atoms with Crippen molar-refractivity contribution in [2.45, 2.75) is 58.7 Å². The summed E-state index contributed by atoms with van der Waals surface area (Å²) in [4.78, 5) is 36.6. The fraction of sp³-hybridized carbons (Fsp3) is 0.556. The molecule has 1 aliphatic rings. The molecule has 0 aliphatic carbocycles. The first-order valence-corrected chi connectivity index (χ1v) is 15.6. The summed E-state index contributed by atoms with van der Waals surface area (Å²) in [5.41, 5.74) is 0.390. The maximum absolute atomic E-state index is 13.0. The monoisotopic (exact) mass is 630 g/mol. The van der Waals surface area contributed by atoms with Crippen molar-refractivity contribution in [2.24, 2.45) is 0 Å². The maximum Gasteiger partial charge on any atom is 0.415 e. The van der Waals surface area contributed by atoms with E-state index in [4.69, 9.17) is 4.74 Å². The Morgan fingerprint density at radius 3 is 2.26 bits per heavy atom. The topological polar surface area (TPSA) is 145 Å². The van der Waals surface area contributed by atoms with Crippen molar-refractivity contribution in [3.05, 3.63) is 36.0 Å². The van der Waals surface area contributed by atoms with Crippen LogP contribution in [-0.4, -0.2) is 91.1 Å². The van der Waals surface area contributed by atoms with Crippen LogP contribution in [0.5, 0.6) is 5.75 Å². The number of likely N-dealkylation sites (tertiary alicyclic amines) is 1. The molecule has 3 rings (SSSR count). The highest BCUT2D eigenvalue weighted by Crippen LogP contribution is 2.30. The highest BCUT2D eigenvalue weighted by atomic mass is 32.2. The molecule has 0 spiro atoms. The second-order valence-electron chi connectivity index (χ2n) is 9.87. The second kappa shape index (κ2) is 14.6. The van der Waals surface area contributed by atoms with Crippen LogP contribution in [0.3, 0.4) is 0 Å². The summed E-state index contributed by atoms with van der Waals surface area (Å²) in [6.07, 6.45) is -3.77. The largest absolute Gasteiger partial charge is 0.480 e. The first kappa shape index (κ1) is 33.7. The van der Waals surface area contributed by atoms with Crippen LogP contribution in [0.4, 0.5) is 35.4 Å². The molecule has 0 radical (unpaired) electrons. The standard InChI is InChI=1S/C27H37F3N6O6S/c1-4-34(5-2)25-31-18-22(36(6-3)43(40,41)16-13-27(28,29)30)23(33-25)32-21(24(37)38)17-19-9-11-20(12-10-19)42-26(39)35-14-7-8-15-35/h9-12,18,21H,4-8,13-17H2,1-3H3,(H,37,38)(H,31,32,33)/t21-/m0/s1. The molecule has 1 fully saturated rings. The fourth-order valence-corrected chi connectivity index (χ4v) is 6.08. The van der Waals surface area contributed by atoms with Crippen molar-refractivity contribution >= 4 is 39.5 Å². The predicted octanol–water partition coefficient (Wildman–Crippen LogP) is 4.13. The molecule has 1 aromatic carbocycles. The third kappa shape index (κ3) is 9.33. The highest BCUT2D eigenvalue weighted by Gasteiger charge is 2.34. The van der Waals surface area contributed by atoms with Crippen LogP contribution in [0.1, 0.15) is 45.6 Å². The van der Waals surface area contributed by atoms with Gasteiger partial charge in [0.15, 0.2) is 5.82 Å². The van der Waals surface area contributed by atoms with E-state index in [0.717, 1.165) is 17.1 Å². The lowest BCUT2D eigenvalue weighted by atomic mass is 10.1. The van der Waals surface area contributed by atoms with Gasteiger partial charge in [-0.25, -0.2) is 23.0 Å². The number of benzene rings is 1. The van der Waals surface area contributed by atoms with Gasteiger partial charge in [-0.05, 0) is 51.3 Å². The van der Waals surface area contributed by atoms with Gasteiger partial charge in [0.2, 0.25) is 16.0 Å². The number of hydrogen-bond acceptors (Lipinski definition) is 9. The molecule has 2 aromatic rings. The minimum absolute atomic E-state index is 0.0767. The van der Waals surface area contributed by atoms with E-state index in [1.54, 1.807) is 34.1 Å². The smallest absolute Gasteiger partial charge is 0.415 e. The van der Waals surface area contributed by atoms with Gasteiger partial charge in [-0.3, -0.25) is 4.31 Å². The van der Waals surface area contributed by atoms with Crippen molar-refractivity contribution in [3.63, 3.8) is 0 Å². The summed E-state index contributed by atoms with van der Waals surface area (Å²) >= 11 is 0. The molecule has 238 valence electrons. The van der Waals surface area contributed by atoms with Crippen molar-refractivity contribution < 1.29 is 41.0 Å². The second-order valence-corrected chi connectivity index (χ2v) is 11.9. The number of anilines is 3. The van der Waals surface area contributed by atoms with Crippen LogP contribution in [0.15, 0.2) is 30.5 Å². The number of ether oxygens (including phenoxy) is 1. The van der Waals surface area contributed by atoms with Crippen LogP contribution < -0.4 is 19.3 Å². The zero-order valence-electron chi connectivity index (χ0n) is 24.3. The molecular formula is C27H37F3N6O6S. The zero-order chi connectivity index (χ0) is 31.8. The Bertz CT molecular complexity index is 1350. The van der Waals surface area contributed by atoms with E-state index >= 15 is 0 Å².